The van der Waals surface area contributed by atoms with Gasteiger partial charge in [0.15, 0.2) is 0 Å². The van der Waals surface area contributed by atoms with E-state index in [1.54, 1.807) is 0 Å². The van der Waals surface area contributed by atoms with Crippen molar-refractivity contribution in [2.75, 3.05) is 12.8 Å². The lowest BCUT2D eigenvalue weighted by atomic mass is 10.1. The highest BCUT2D eigenvalue weighted by Gasteiger charge is 2.12. The largest absolute Gasteiger partial charge is 0.506 e. The van der Waals surface area contributed by atoms with Crippen molar-refractivity contribution in [3.8, 4) is 5.75 Å². The molecule has 0 aliphatic carbocycles. The summed E-state index contributed by atoms with van der Waals surface area (Å²) in [5.74, 6) is -1.66. The van der Waals surface area contributed by atoms with Gasteiger partial charge < -0.3 is 16.2 Å². The van der Waals surface area contributed by atoms with E-state index in [2.05, 4.69) is 5.32 Å². The van der Waals surface area contributed by atoms with E-state index in [9.17, 15) is 9.18 Å². The number of hydrogen-bond acceptors (Lipinski definition) is 3. The molecule has 1 amide bonds. The Labute approximate surface area is 74.2 Å². The number of phenolic OH excluding ortho intramolecular Hbond substituents is 1. The Bertz CT molecular complexity index is 352. The molecule has 0 saturated heterocycles. The van der Waals surface area contributed by atoms with Crippen LogP contribution < -0.4 is 11.1 Å². The fraction of sp³-hybridized carbons (Fsp3) is 0.125. The van der Waals surface area contributed by atoms with E-state index in [1.165, 1.54) is 7.05 Å². The minimum atomic E-state index is -0.755. The predicted molar refractivity (Wildman–Crippen MR) is 45.9 cm³/mol. The average molecular weight is 184 g/mol. The number of rotatable bonds is 1. The Morgan fingerprint density at radius 3 is 2.77 bits per heavy atom. The third-order valence-corrected chi connectivity index (χ3v) is 1.59. The van der Waals surface area contributed by atoms with Gasteiger partial charge in [-0.1, -0.05) is 0 Å². The molecule has 0 saturated carbocycles. The summed E-state index contributed by atoms with van der Waals surface area (Å²) in [5.41, 5.74) is 4.89. The zero-order chi connectivity index (χ0) is 10.0. The van der Waals surface area contributed by atoms with Crippen LogP contribution in [0.15, 0.2) is 12.1 Å². The molecule has 0 atom stereocenters. The molecular weight excluding hydrogens is 175 g/mol. The van der Waals surface area contributed by atoms with E-state index in [1.807, 2.05) is 0 Å². The molecule has 5 heteroatoms. The molecule has 1 rings (SSSR count). The molecule has 0 aliphatic heterocycles. The molecule has 4 N–H and O–H groups in total. The van der Waals surface area contributed by atoms with E-state index >= 15 is 0 Å². The fourth-order valence-electron chi connectivity index (χ4n) is 0.886. The minimum Gasteiger partial charge on any atom is -0.506 e. The quantitative estimate of drug-likeness (QED) is 0.438. The van der Waals surface area contributed by atoms with Crippen LogP contribution in [0.5, 0.6) is 5.75 Å². The summed E-state index contributed by atoms with van der Waals surface area (Å²) < 4.78 is 13.0. The second-order valence-corrected chi connectivity index (χ2v) is 2.47. The Morgan fingerprint density at radius 2 is 2.23 bits per heavy atom. The fourth-order valence-corrected chi connectivity index (χ4v) is 0.886. The third-order valence-electron chi connectivity index (χ3n) is 1.59. The molecule has 0 radical (unpaired) electrons. The van der Waals surface area contributed by atoms with Crippen LogP contribution >= 0.6 is 0 Å². The van der Waals surface area contributed by atoms with Gasteiger partial charge in [-0.05, 0) is 6.07 Å². The summed E-state index contributed by atoms with van der Waals surface area (Å²) in [6, 6.07) is 1.89. The number of nitrogen functional groups attached to an aromatic ring is 1. The number of aromatic hydroxyl groups is 1. The molecule has 1 aromatic carbocycles. The average Bonchev–Trinajstić information content (AvgIpc) is 2.10. The van der Waals surface area contributed by atoms with Crippen molar-refractivity contribution in [1.29, 1.82) is 0 Å². The van der Waals surface area contributed by atoms with Crippen molar-refractivity contribution in [3.05, 3.63) is 23.5 Å². The topological polar surface area (TPSA) is 75.3 Å². The van der Waals surface area contributed by atoms with Crippen LogP contribution in [0.2, 0.25) is 0 Å². The van der Waals surface area contributed by atoms with E-state index < -0.39 is 11.7 Å². The van der Waals surface area contributed by atoms with Gasteiger partial charge >= 0.3 is 0 Å². The first kappa shape index (κ1) is 9.31. The highest BCUT2D eigenvalue weighted by Crippen LogP contribution is 2.23. The predicted octanol–water partition coefficient (Wildman–Crippen LogP) is 0.473. The zero-order valence-electron chi connectivity index (χ0n) is 6.97. The highest BCUT2D eigenvalue weighted by atomic mass is 19.1. The van der Waals surface area contributed by atoms with Crippen LogP contribution in [-0.2, 0) is 0 Å². The standard InChI is InChI=1S/C8H9FN2O2/c1-11-8(13)4-2-7(12)6(10)3-5(4)9/h2-3,12H,10H2,1H3,(H,11,13). The highest BCUT2D eigenvalue weighted by molar-refractivity contribution is 5.95. The lowest BCUT2D eigenvalue weighted by Crippen LogP contribution is -2.19. The van der Waals surface area contributed by atoms with Crippen molar-refractivity contribution in [2.24, 2.45) is 0 Å². The van der Waals surface area contributed by atoms with E-state index in [0.29, 0.717) is 0 Å². The smallest absolute Gasteiger partial charge is 0.254 e. The van der Waals surface area contributed by atoms with Crippen LogP contribution in [0.1, 0.15) is 10.4 Å². The number of anilines is 1. The van der Waals surface area contributed by atoms with E-state index in [4.69, 9.17) is 10.8 Å². The van der Waals surface area contributed by atoms with Gasteiger partial charge in [0.25, 0.3) is 5.91 Å². The summed E-state index contributed by atoms with van der Waals surface area (Å²) in [5, 5.41) is 11.3. The van der Waals surface area contributed by atoms with Gasteiger partial charge in [0.05, 0.1) is 11.3 Å². The number of nitrogens with two attached hydrogens (primary N) is 1. The number of nitrogens with one attached hydrogen (secondary N) is 1. The Hall–Kier alpha value is -1.78. The molecular formula is C8H9FN2O2. The molecule has 0 fully saturated rings. The molecule has 70 valence electrons. The molecule has 0 heterocycles. The number of carbonyl (C=O) groups excluding carboxylic acids is 1. The molecule has 0 aromatic heterocycles. The first-order valence-electron chi connectivity index (χ1n) is 3.56. The van der Waals surface area contributed by atoms with Crippen LogP contribution in [0.25, 0.3) is 0 Å². The monoisotopic (exact) mass is 184 g/mol. The molecule has 13 heavy (non-hydrogen) atoms. The number of phenols is 1. The summed E-state index contributed by atoms with van der Waals surface area (Å²) in [6.07, 6.45) is 0. The summed E-state index contributed by atoms with van der Waals surface area (Å²) >= 11 is 0. The molecule has 4 nitrogen and oxygen atoms in total. The van der Waals surface area contributed by atoms with Gasteiger partial charge in [0.2, 0.25) is 0 Å². The van der Waals surface area contributed by atoms with Gasteiger partial charge in [-0.3, -0.25) is 4.79 Å². The van der Waals surface area contributed by atoms with Crippen LogP contribution in [0.4, 0.5) is 10.1 Å². The van der Waals surface area contributed by atoms with Crippen LogP contribution in [-0.4, -0.2) is 18.1 Å². The van der Waals surface area contributed by atoms with Gasteiger partial charge in [0, 0.05) is 13.1 Å². The van der Waals surface area contributed by atoms with Crippen LogP contribution in [0.3, 0.4) is 0 Å². The maximum atomic E-state index is 13.0. The van der Waals surface area contributed by atoms with Gasteiger partial charge in [-0.2, -0.15) is 0 Å². The number of carbonyl (C=O) groups is 1. The Morgan fingerprint density at radius 1 is 1.62 bits per heavy atom. The van der Waals surface area contributed by atoms with Gasteiger partial charge in [-0.15, -0.1) is 0 Å². The van der Waals surface area contributed by atoms with Crippen molar-refractivity contribution in [3.63, 3.8) is 0 Å². The Balaban J connectivity index is 3.23. The number of hydrogen-bond donors (Lipinski definition) is 3. The van der Waals surface area contributed by atoms with E-state index in [-0.39, 0.29) is 17.0 Å². The second kappa shape index (κ2) is 3.30. The minimum absolute atomic E-state index is 0.0925. The molecule has 1 aromatic rings. The Kier molecular flexibility index (Phi) is 2.36. The molecule has 0 spiro atoms. The van der Waals surface area contributed by atoms with Gasteiger partial charge in [0.1, 0.15) is 11.6 Å². The lowest BCUT2D eigenvalue weighted by molar-refractivity contribution is 0.0958. The second-order valence-electron chi connectivity index (χ2n) is 2.47. The van der Waals surface area contributed by atoms with Crippen molar-refractivity contribution in [2.45, 2.75) is 0 Å². The first-order valence-corrected chi connectivity index (χ1v) is 3.56. The maximum absolute atomic E-state index is 13.0. The molecule has 0 aliphatic rings. The summed E-state index contributed by atoms with van der Waals surface area (Å²) in [6.45, 7) is 0. The van der Waals surface area contributed by atoms with Crippen molar-refractivity contribution in [1.82, 2.24) is 5.32 Å². The molecule has 0 bridgehead atoms. The SMILES string of the molecule is CNC(=O)c1cc(O)c(N)cc1F. The maximum Gasteiger partial charge on any atom is 0.254 e. The summed E-state index contributed by atoms with van der Waals surface area (Å²) in [4.78, 5) is 11.0. The van der Waals surface area contributed by atoms with Crippen molar-refractivity contribution >= 4 is 11.6 Å². The first-order chi connectivity index (χ1) is 6.06. The van der Waals surface area contributed by atoms with Gasteiger partial charge in [-0.25, -0.2) is 4.39 Å². The number of amides is 1. The van der Waals surface area contributed by atoms with Crippen molar-refractivity contribution < 1.29 is 14.3 Å². The van der Waals surface area contributed by atoms with Crippen LogP contribution in [0, 0.1) is 5.82 Å². The third kappa shape index (κ3) is 1.69. The number of benzene rings is 1. The molecule has 0 unspecified atom stereocenters. The zero-order valence-corrected chi connectivity index (χ0v) is 6.97. The summed E-state index contributed by atoms with van der Waals surface area (Å²) in [7, 11) is 1.37. The van der Waals surface area contributed by atoms with E-state index in [0.717, 1.165) is 12.1 Å². The number of halogens is 1. The lowest BCUT2D eigenvalue weighted by Gasteiger charge is -2.04. The normalized spacial score (nSPS) is 9.69.